The normalized spacial score (nSPS) is 17.9. The largest absolute Gasteiger partial charge is 0.378 e. The van der Waals surface area contributed by atoms with Gasteiger partial charge in [0.25, 0.3) is 0 Å². The summed E-state index contributed by atoms with van der Waals surface area (Å²) in [6.07, 6.45) is 4.32. The van der Waals surface area contributed by atoms with Crippen molar-refractivity contribution in [1.82, 2.24) is 4.57 Å². The number of rotatable bonds is 6. The Morgan fingerprint density at radius 3 is 2.96 bits per heavy atom. The molecule has 1 aromatic rings. The zero-order chi connectivity index (χ0) is 16.9. The van der Waals surface area contributed by atoms with Crippen LogP contribution in [-0.2, 0) is 19.8 Å². The summed E-state index contributed by atoms with van der Waals surface area (Å²) in [4.78, 5) is 12.1. The Morgan fingerprint density at radius 1 is 1.57 bits per heavy atom. The zero-order valence-corrected chi connectivity index (χ0v) is 14.1. The molecule has 6 nitrogen and oxygen atoms in total. The third kappa shape index (κ3) is 5.08. The summed E-state index contributed by atoms with van der Waals surface area (Å²) < 4.78 is 12.9. The lowest BCUT2D eigenvalue weighted by Gasteiger charge is -2.24. The molecule has 1 unspecified atom stereocenters. The van der Waals surface area contributed by atoms with Gasteiger partial charge in [-0.3, -0.25) is 4.79 Å². The number of nitriles is 1. The highest BCUT2D eigenvalue weighted by atomic mass is 16.5. The molecule has 1 aromatic heterocycles. The molecule has 0 radical (unpaired) electrons. The Hall–Kier alpha value is -1.84. The van der Waals surface area contributed by atoms with Gasteiger partial charge in [0, 0.05) is 18.3 Å². The van der Waals surface area contributed by atoms with Crippen molar-refractivity contribution in [2.24, 2.45) is 0 Å². The number of carbonyl (C=O) groups is 1. The topological polar surface area (TPSA) is 76.3 Å². The van der Waals surface area contributed by atoms with E-state index >= 15 is 0 Å². The van der Waals surface area contributed by atoms with Crippen molar-refractivity contribution in [2.75, 3.05) is 25.1 Å². The lowest BCUT2D eigenvalue weighted by Crippen LogP contribution is -2.25. The summed E-state index contributed by atoms with van der Waals surface area (Å²) in [6, 6.07) is 3.80. The van der Waals surface area contributed by atoms with E-state index in [-0.39, 0.29) is 24.0 Å². The molecule has 2 rings (SSSR count). The molecule has 0 saturated carbocycles. The van der Waals surface area contributed by atoms with Gasteiger partial charge >= 0.3 is 0 Å². The number of amides is 1. The smallest absolute Gasteiger partial charge is 0.227 e. The fourth-order valence-electron chi connectivity index (χ4n) is 2.54. The molecule has 23 heavy (non-hydrogen) atoms. The van der Waals surface area contributed by atoms with Crippen LogP contribution in [0.5, 0.6) is 0 Å². The van der Waals surface area contributed by atoms with Gasteiger partial charge in [0.15, 0.2) is 0 Å². The van der Waals surface area contributed by atoms with Gasteiger partial charge in [-0.15, -0.1) is 0 Å². The van der Waals surface area contributed by atoms with E-state index in [0.29, 0.717) is 24.6 Å². The number of ether oxygens (including phenoxy) is 2. The summed E-state index contributed by atoms with van der Waals surface area (Å²) in [7, 11) is 0. The molecule has 126 valence electrons. The van der Waals surface area contributed by atoms with Crippen molar-refractivity contribution in [3.63, 3.8) is 0 Å². The molecule has 0 aromatic carbocycles. The van der Waals surface area contributed by atoms with E-state index in [1.807, 2.05) is 25.3 Å². The van der Waals surface area contributed by atoms with Crippen molar-refractivity contribution in [1.29, 1.82) is 5.26 Å². The van der Waals surface area contributed by atoms with Crippen molar-refractivity contribution in [2.45, 2.75) is 51.7 Å². The van der Waals surface area contributed by atoms with Gasteiger partial charge in [-0.2, -0.15) is 5.26 Å². The van der Waals surface area contributed by atoms with E-state index in [2.05, 4.69) is 11.4 Å². The third-order valence-electron chi connectivity index (χ3n) is 3.74. The third-order valence-corrected chi connectivity index (χ3v) is 3.74. The first-order valence-electron chi connectivity index (χ1n) is 8.02. The number of carbonyl (C=O) groups excluding carboxylic acids is 1. The maximum atomic E-state index is 12.1. The Labute approximate surface area is 137 Å². The summed E-state index contributed by atoms with van der Waals surface area (Å²) in [5.74, 6) is 0.517. The summed E-state index contributed by atoms with van der Waals surface area (Å²) in [5, 5.41) is 11.9. The predicted octanol–water partition coefficient (Wildman–Crippen LogP) is 2.64. The van der Waals surface area contributed by atoms with E-state index in [9.17, 15) is 4.79 Å². The fourth-order valence-corrected chi connectivity index (χ4v) is 2.54. The van der Waals surface area contributed by atoms with Crippen LogP contribution in [0.2, 0.25) is 0 Å². The molecule has 1 atom stereocenters. The molecule has 1 saturated heterocycles. The molecule has 1 N–H and O–H groups in total. The second kappa shape index (κ2) is 7.62. The molecular weight excluding hydrogens is 294 g/mol. The van der Waals surface area contributed by atoms with Crippen LogP contribution < -0.4 is 5.32 Å². The fraction of sp³-hybridized carbons (Fsp3) is 0.647. The quantitative estimate of drug-likeness (QED) is 0.818. The lowest BCUT2D eigenvalue weighted by molar-refractivity contribution is -0.117. The summed E-state index contributed by atoms with van der Waals surface area (Å²) >= 11 is 0. The van der Waals surface area contributed by atoms with Crippen molar-refractivity contribution < 1.29 is 14.3 Å². The number of aromatic nitrogens is 1. The van der Waals surface area contributed by atoms with Crippen molar-refractivity contribution >= 4 is 11.7 Å². The van der Waals surface area contributed by atoms with Crippen LogP contribution in [0.3, 0.4) is 0 Å². The monoisotopic (exact) mass is 319 g/mol. The molecule has 1 aliphatic heterocycles. The first-order chi connectivity index (χ1) is 10.9. The van der Waals surface area contributed by atoms with Crippen LogP contribution in [0.15, 0.2) is 12.3 Å². The van der Waals surface area contributed by atoms with Gasteiger partial charge in [-0.25, -0.2) is 0 Å². The molecule has 6 heteroatoms. The maximum Gasteiger partial charge on any atom is 0.227 e. The van der Waals surface area contributed by atoms with Gasteiger partial charge in [0.1, 0.15) is 11.9 Å². The molecule has 1 aliphatic rings. The van der Waals surface area contributed by atoms with E-state index in [1.54, 1.807) is 12.3 Å². The predicted molar refractivity (Wildman–Crippen MR) is 87.2 cm³/mol. The number of hydrogen-bond donors (Lipinski definition) is 1. The highest BCUT2D eigenvalue weighted by molar-refractivity contribution is 5.90. The standard InChI is InChI=1S/C17H25N3O3/c1-17(2,3)20-11-13(10-18)9-15(20)19-16(21)6-8-22-12-14-5-4-7-23-14/h9,11,14H,4-8,12H2,1-3H3,(H,19,21). The van der Waals surface area contributed by atoms with Gasteiger partial charge in [-0.05, 0) is 39.7 Å². The zero-order valence-electron chi connectivity index (χ0n) is 14.1. The van der Waals surface area contributed by atoms with Gasteiger partial charge < -0.3 is 19.4 Å². The minimum absolute atomic E-state index is 0.120. The minimum Gasteiger partial charge on any atom is -0.378 e. The Bertz CT molecular complexity index is 575. The van der Waals surface area contributed by atoms with Crippen LogP contribution in [0.25, 0.3) is 0 Å². The molecule has 1 amide bonds. The lowest BCUT2D eigenvalue weighted by atomic mass is 10.1. The van der Waals surface area contributed by atoms with Crippen molar-refractivity contribution in [3.8, 4) is 6.07 Å². The summed E-state index contributed by atoms with van der Waals surface area (Å²) in [6.45, 7) is 7.79. The number of nitrogens with zero attached hydrogens (tertiary/aromatic N) is 2. The Kier molecular flexibility index (Phi) is 5.80. The first kappa shape index (κ1) is 17.5. The van der Waals surface area contributed by atoms with Crippen LogP contribution >= 0.6 is 0 Å². The van der Waals surface area contributed by atoms with Crippen molar-refractivity contribution in [3.05, 3.63) is 17.8 Å². The summed E-state index contributed by atoms with van der Waals surface area (Å²) in [5.41, 5.74) is 0.318. The van der Waals surface area contributed by atoms with E-state index in [0.717, 1.165) is 19.4 Å². The number of anilines is 1. The second-order valence-electron chi connectivity index (χ2n) is 6.77. The second-order valence-corrected chi connectivity index (χ2v) is 6.77. The molecule has 0 aliphatic carbocycles. The number of hydrogen-bond acceptors (Lipinski definition) is 4. The number of nitrogens with one attached hydrogen (secondary N) is 1. The van der Waals surface area contributed by atoms with Crippen LogP contribution in [0.1, 0.15) is 45.6 Å². The molecular formula is C17H25N3O3. The van der Waals surface area contributed by atoms with E-state index in [1.165, 1.54) is 0 Å². The van der Waals surface area contributed by atoms with Crippen LogP contribution in [-0.4, -0.2) is 36.4 Å². The average molecular weight is 319 g/mol. The molecule has 0 bridgehead atoms. The first-order valence-corrected chi connectivity index (χ1v) is 8.02. The molecule has 2 heterocycles. The Balaban J connectivity index is 1.82. The highest BCUT2D eigenvalue weighted by Gasteiger charge is 2.19. The van der Waals surface area contributed by atoms with E-state index < -0.39 is 0 Å². The Morgan fingerprint density at radius 2 is 2.35 bits per heavy atom. The maximum absolute atomic E-state index is 12.1. The minimum atomic E-state index is -0.214. The molecule has 0 spiro atoms. The van der Waals surface area contributed by atoms with Gasteiger partial charge in [0.2, 0.25) is 5.91 Å². The van der Waals surface area contributed by atoms with Gasteiger partial charge in [-0.1, -0.05) is 0 Å². The van der Waals surface area contributed by atoms with Crippen LogP contribution in [0, 0.1) is 11.3 Å². The molecule has 1 fully saturated rings. The SMILES string of the molecule is CC(C)(C)n1cc(C#N)cc1NC(=O)CCOCC1CCCO1. The van der Waals surface area contributed by atoms with E-state index in [4.69, 9.17) is 14.7 Å². The van der Waals surface area contributed by atoms with Gasteiger partial charge in [0.05, 0.1) is 31.3 Å². The highest BCUT2D eigenvalue weighted by Crippen LogP contribution is 2.24. The van der Waals surface area contributed by atoms with Crippen LogP contribution in [0.4, 0.5) is 5.82 Å². The average Bonchev–Trinajstić information content (AvgIpc) is 3.12.